The van der Waals surface area contributed by atoms with Gasteiger partial charge >= 0.3 is 18.1 Å². The number of rotatable bonds is 7. The number of amides is 2. The summed E-state index contributed by atoms with van der Waals surface area (Å²) >= 11 is 0. The van der Waals surface area contributed by atoms with E-state index in [2.05, 4.69) is 20.3 Å². The predicted molar refractivity (Wildman–Crippen MR) is 95.7 cm³/mol. The van der Waals surface area contributed by atoms with Gasteiger partial charge in [0, 0.05) is 5.75 Å². The number of hydrogen-bond acceptors (Lipinski definition) is 9. The molecular formula is C14H17N5O6S2. The summed E-state index contributed by atoms with van der Waals surface area (Å²) in [5, 5.41) is 2.15. The largest absolute Gasteiger partial charge is 0.467 e. The summed E-state index contributed by atoms with van der Waals surface area (Å²) in [6.45, 7) is 1.65. The van der Waals surface area contributed by atoms with Crippen molar-refractivity contribution < 1.29 is 26.9 Å². The molecule has 1 unspecified atom stereocenters. The van der Waals surface area contributed by atoms with Crippen LogP contribution in [-0.4, -0.2) is 53.6 Å². The zero-order valence-electron chi connectivity index (χ0n) is 14.6. The Bertz CT molecular complexity index is 944. The van der Waals surface area contributed by atoms with Crippen LogP contribution in [0.1, 0.15) is 6.92 Å². The zero-order valence-corrected chi connectivity index (χ0v) is 16.3. The van der Waals surface area contributed by atoms with E-state index in [1.165, 1.54) is 32.4 Å². The fourth-order valence-electron chi connectivity index (χ4n) is 1.90. The Morgan fingerprint density at radius 2 is 1.70 bits per heavy atom. The van der Waals surface area contributed by atoms with E-state index in [1.807, 2.05) is 4.72 Å². The van der Waals surface area contributed by atoms with Crippen molar-refractivity contribution in [1.82, 2.24) is 19.7 Å². The normalized spacial score (nSPS) is 12.1. The molecule has 13 heteroatoms. The molecule has 0 saturated carbocycles. The van der Waals surface area contributed by atoms with E-state index in [0.717, 1.165) is 0 Å². The van der Waals surface area contributed by atoms with Gasteiger partial charge in [0.25, 0.3) is 10.0 Å². The van der Waals surface area contributed by atoms with Crippen LogP contribution in [0.5, 0.6) is 12.0 Å². The average Bonchev–Trinajstić information content (AvgIpc) is 2.66. The van der Waals surface area contributed by atoms with Gasteiger partial charge in [-0.3, -0.25) is 9.53 Å². The molecule has 2 N–H and O–H groups in total. The first-order chi connectivity index (χ1) is 12.8. The van der Waals surface area contributed by atoms with E-state index in [-0.39, 0.29) is 33.5 Å². The van der Waals surface area contributed by atoms with Crippen LogP contribution in [0.25, 0.3) is 0 Å². The van der Waals surface area contributed by atoms with Crippen molar-refractivity contribution in [1.29, 1.82) is 0 Å². The fourth-order valence-corrected chi connectivity index (χ4v) is 4.33. The Balaban J connectivity index is 2.24. The first-order valence-corrected chi connectivity index (χ1v) is 10.3. The highest BCUT2D eigenvalue weighted by Crippen LogP contribution is 2.19. The minimum absolute atomic E-state index is 0.101. The number of aromatic nitrogens is 3. The Kier molecular flexibility index (Phi) is 6.63. The second-order valence-electron chi connectivity index (χ2n) is 4.77. The van der Waals surface area contributed by atoms with E-state index in [9.17, 15) is 17.4 Å². The molecule has 0 radical (unpaired) electrons. The molecule has 1 atom stereocenters. The molecule has 11 nitrogen and oxygen atoms in total. The maximum atomic E-state index is 12.5. The Hall–Kier alpha value is -2.80. The average molecular weight is 415 g/mol. The molecule has 0 saturated heterocycles. The predicted octanol–water partition coefficient (Wildman–Crippen LogP) is 0.527. The van der Waals surface area contributed by atoms with Crippen molar-refractivity contribution in [3.8, 4) is 12.0 Å². The van der Waals surface area contributed by atoms with Crippen molar-refractivity contribution in [2.75, 3.05) is 25.3 Å². The first-order valence-electron chi connectivity index (χ1n) is 7.46. The molecule has 1 aromatic carbocycles. The lowest BCUT2D eigenvalue weighted by Gasteiger charge is -2.11. The summed E-state index contributed by atoms with van der Waals surface area (Å²) in [5.41, 5.74) is 0. The number of carbonyl (C=O) groups excluding carboxylic acids is 1. The third-order valence-electron chi connectivity index (χ3n) is 3.06. The molecule has 0 aliphatic carbocycles. The molecule has 27 heavy (non-hydrogen) atoms. The van der Waals surface area contributed by atoms with Crippen LogP contribution >= 0.6 is 0 Å². The molecule has 1 aromatic heterocycles. The van der Waals surface area contributed by atoms with E-state index >= 15 is 0 Å². The third kappa shape index (κ3) is 5.10. The van der Waals surface area contributed by atoms with Gasteiger partial charge in [0.15, 0.2) is 0 Å². The molecular weight excluding hydrogens is 398 g/mol. The molecule has 2 rings (SSSR count). The van der Waals surface area contributed by atoms with E-state index < -0.39 is 26.9 Å². The molecule has 0 aliphatic heterocycles. The van der Waals surface area contributed by atoms with Gasteiger partial charge in [-0.25, -0.2) is 17.9 Å². The molecule has 0 spiro atoms. The van der Waals surface area contributed by atoms with Gasteiger partial charge in [0.05, 0.1) is 29.9 Å². The lowest BCUT2D eigenvalue weighted by atomic mass is 10.4. The summed E-state index contributed by atoms with van der Waals surface area (Å²) in [5.74, 6) is -0.0554. The second-order valence-corrected chi connectivity index (χ2v) is 8.13. The van der Waals surface area contributed by atoms with E-state index in [0.29, 0.717) is 0 Å². The summed E-state index contributed by atoms with van der Waals surface area (Å²) in [6.07, 6.45) is 0. The number of hydrogen-bond donors (Lipinski definition) is 2. The number of anilines is 1. The van der Waals surface area contributed by atoms with Crippen LogP contribution in [0, 0.1) is 0 Å². The topological polar surface area (TPSA) is 149 Å². The van der Waals surface area contributed by atoms with Gasteiger partial charge in [-0.1, -0.05) is 19.1 Å². The van der Waals surface area contributed by atoms with Gasteiger partial charge in [-0.2, -0.15) is 9.97 Å². The van der Waals surface area contributed by atoms with Crippen molar-refractivity contribution in [3.63, 3.8) is 0 Å². The Labute approximate surface area is 158 Å². The number of ether oxygens (including phenoxy) is 2. The SMILES string of the molecule is CCS(=O)c1ccccc1S(=O)(=O)NC(=O)Nc1nc(OC)nc(OC)n1. The Morgan fingerprint density at radius 3 is 2.26 bits per heavy atom. The monoisotopic (exact) mass is 415 g/mol. The number of sulfonamides is 1. The van der Waals surface area contributed by atoms with Crippen LogP contribution < -0.4 is 19.5 Å². The molecule has 2 aromatic rings. The van der Waals surface area contributed by atoms with Gasteiger partial charge in [0.2, 0.25) is 5.95 Å². The highest BCUT2D eigenvalue weighted by atomic mass is 32.2. The molecule has 0 bridgehead atoms. The van der Waals surface area contributed by atoms with Crippen LogP contribution in [-0.2, 0) is 20.8 Å². The molecule has 1 heterocycles. The first kappa shape index (κ1) is 20.5. The smallest absolute Gasteiger partial charge is 0.335 e. The molecule has 0 aliphatic rings. The van der Waals surface area contributed by atoms with Gasteiger partial charge < -0.3 is 9.47 Å². The van der Waals surface area contributed by atoms with Gasteiger partial charge in [-0.15, -0.1) is 4.98 Å². The van der Waals surface area contributed by atoms with Crippen molar-refractivity contribution >= 4 is 32.8 Å². The quantitative estimate of drug-likeness (QED) is 0.660. The maximum Gasteiger partial charge on any atom is 0.335 e. The van der Waals surface area contributed by atoms with Crippen LogP contribution in [0.4, 0.5) is 10.7 Å². The van der Waals surface area contributed by atoms with E-state index in [1.54, 1.807) is 13.0 Å². The number of benzene rings is 1. The standard InChI is InChI=1S/C14H17N5O6S2/c1-4-26(21)9-7-5-6-8-10(9)27(22,23)19-12(20)15-11-16-13(24-2)18-14(17-11)25-3/h5-8H,4H2,1-3H3,(H2,15,16,17,18,19,20). The zero-order chi connectivity index (χ0) is 20.0. The van der Waals surface area contributed by atoms with E-state index in [4.69, 9.17) is 9.47 Å². The number of methoxy groups -OCH3 is 2. The number of nitrogens with one attached hydrogen (secondary N) is 2. The minimum Gasteiger partial charge on any atom is -0.467 e. The van der Waals surface area contributed by atoms with Crippen LogP contribution in [0.3, 0.4) is 0 Å². The van der Waals surface area contributed by atoms with Crippen molar-refractivity contribution in [2.45, 2.75) is 16.7 Å². The summed E-state index contributed by atoms with van der Waals surface area (Å²) in [4.78, 5) is 23.2. The number of nitrogens with zero attached hydrogens (tertiary/aromatic N) is 3. The highest BCUT2D eigenvalue weighted by Gasteiger charge is 2.23. The van der Waals surface area contributed by atoms with Crippen molar-refractivity contribution in [2.24, 2.45) is 0 Å². The number of carbonyl (C=O) groups is 1. The van der Waals surface area contributed by atoms with Gasteiger partial charge in [-0.05, 0) is 12.1 Å². The van der Waals surface area contributed by atoms with Gasteiger partial charge in [0.1, 0.15) is 4.90 Å². The maximum absolute atomic E-state index is 12.5. The minimum atomic E-state index is -4.29. The lowest BCUT2D eigenvalue weighted by molar-refractivity contribution is 0.256. The molecule has 0 fully saturated rings. The molecule has 146 valence electrons. The van der Waals surface area contributed by atoms with Crippen molar-refractivity contribution in [3.05, 3.63) is 24.3 Å². The molecule has 2 amide bonds. The summed E-state index contributed by atoms with van der Waals surface area (Å²) in [6, 6.07) is 4.31. The van der Waals surface area contributed by atoms with Crippen LogP contribution in [0.15, 0.2) is 34.1 Å². The second kappa shape index (κ2) is 8.73. The lowest BCUT2D eigenvalue weighted by Crippen LogP contribution is -2.35. The fraction of sp³-hybridized carbons (Fsp3) is 0.286. The summed E-state index contributed by atoms with van der Waals surface area (Å²) in [7, 11) is -3.21. The summed E-state index contributed by atoms with van der Waals surface area (Å²) < 4.78 is 48.6. The van der Waals surface area contributed by atoms with Crippen LogP contribution in [0.2, 0.25) is 0 Å². The number of urea groups is 1. The third-order valence-corrected chi connectivity index (χ3v) is 5.95. The Morgan fingerprint density at radius 1 is 1.11 bits per heavy atom. The highest BCUT2D eigenvalue weighted by molar-refractivity contribution is 7.91.